The molecule has 5 aliphatic rings. The zero-order valence-corrected chi connectivity index (χ0v) is 27.9. The number of hydrogen-bond acceptors (Lipinski definition) is 9. The predicted octanol–water partition coefficient (Wildman–Crippen LogP) is 6.76. The minimum absolute atomic E-state index is 0.0329. The van der Waals surface area contributed by atoms with Crippen molar-refractivity contribution in [3.05, 3.63) is 40.6 Å². The van der Waals surface area contributed by atoms with Crippen LogP contribution in [0.2, 0.25) is 0 Å². The molecule has 6 heterocycles. The van der Waals surface area contributed by atoms with Crippen molar-refractivity contribution in [3.8, 4) is 23.0 Å². The number of halogens is 3. The average Bonchev–Trinajstić information content (AvgIpc) is 3.48. The molecular weight excluding hydrogens is 623 g/mol. The van der Waals surface area contributed by atoms with Gasteiger partial charge in [0.05, 0.1) is 18.2 Å². The Morgan fingerprint density at radius 1 is 0.938 bits per heavy atom. The number of aromatic nitrogens is 3. The van der Waals surface area contributed by atoms with E-state index in [-0.39, 0.29) is 58.7 Å². The van der Waals surface area contributed by atoms with Crippen LogP contribution >= 0.6 is 0 Å². The second-order valence-corrected chi connectivity index (χ2v) is 14.1. The van der Waals surface area contributed by atoms with Crippen LogP contribution in [0.4, 0.5) is 19.0 Å². The Morgan fingerprint density at radius 2 is 1.75 bits per heavy atom. The van der Waals surface area contributed by atoms with E-state index in [2.05, 4.69) is 19.8 Å². The molecule has 3 unspecified atom stereocenters. The third kappa shape index (κ3) is 6.29. The fourth-order valence-corrected chi connectivity index (χ4v) is 8.14. The minimum Gasteiger partial charge on any atom is -0.508 e. The zero-order valence-electron chi connectivity index (χ0n) is 27.9. The summed E-state index contributed by atoms with van der Waals surface area (Å²) in [7, 11) is 1.45. The molecule has 0 bridgehead atoms. The fraction of sp³-hybridized carbons (Fsp3) is 0.583. The molecule has 0 spiro atoms. The number of phenolic OH excluding ortho intramolecular Hbond substituents is 1. The third-order valence-electron chi connectivity index (χ3n) is 10.2. The first kappa shape index (κ1) is 32.9. The van der Waals surface area contributed by atoms with Crippen LogP contribution in [0.3, 0.4) is 0 Å². The Labute approximate surface area is 278 Å². The SMILES string of the molecule is COc1nc2c3c(nc(-c4cc(O)cc5c4C(OC(C)(C)O)=C(F)CC5)c(F)c3n1)CCC1CCCCCN21.FC1CC2CCCN2C1. The van der Waals surface area contributed by atoms with Gasteiger partial charge in [-0.3, -0.25) is 4.90 Å². The highest BCUT2D eigenvalue weighted by Crippen LogP contribution is 2.45. The number of rotatable bonds is 4. The number of nitrogens with zero attached hydrogens (tertiary/aromatic N) is 5. The molecule has 8 rings (SSSR count). The van der Waals surface area contributed by atoms with Gasteiger partial charge in [0.2, 0.25) is 5.79 Å². The van der Waals surface area contributed by atoms with Crippen molar-refractivity contribution in [3.63, 3.8) is 0 Å². The van der Waals surface area contributed by atoms with Gasteiger partial charge < -0.3 is 24.6 Å². The summed E-state index contributed by atoms with van der Waals surface area (Å²) in [6.45, 7) is 5.46. The summed E-state index contributed by atoms with van der Waals surface area (Å²) in [5, 5.41) is 21.5. The van der Waals surface area contributed by atoms with Crippen LogP contribution in [0, 0.1) is 5.82 Å². The number of allylic oxidation sites excluding steroid dienone is 1. The molecule has 1 aromatic carbocycles. The number of alkyl halides is 1. The van der Waals surface area contributed by atoms with Crippen LogP contribution in [0.25, 0.3) is 27.9 Å². The monoisotopic (exact) mass is 667 g/mol. The van der Waals surface area contributed by atoms with Crippen molar-refractivity contribution in [2.24, 2.45) is 0 Å². The Balaban J connectivity index is 0.000000347. The van der Waals surface area contributed by atoms with Crippen LogP contribution in [0.15, 0.2) is 18.0 Å². The lowest BCUT2D eigenvalue weighted by Gasteiger charge is -2.30. The highest BCUT2D eigenvalue weighted by molar-refractivity contribution is 5.96. The minimum atomic E-state index is -1.69. The maximum atomic E-state index is 16.6. The topological polar surface area (TPSA) is 104 Å². The standard InChI is InChI=1S/C29H32F2N4O4.C7H12FN/c1-29(2,37)39-26-19(30)10-8-15-13-17(36)14-18(21(15)26)24-23(31)25-22-20(32-24)11-9-16-7-5-4-6-12-35(16)27(22)34-28(33-25)38-3;8-6-4-7-2-1-3-9(7)5-6/h13-14,16,36-37H,4-12H2,1-3H3;6-7H,1-5H2. The van der Waals surface area contributed by atoms with Crippen molar-refractivity contribution >= 4 is 22.5 Å². The van der Waals surface area contributed by atoms with Crippen LogP contribution in [0.1, 0.15) is 88.5 Å². The number of aromatic hydroxyl groups is 1. The zero-order chi connectivity index (χ0) is 33.7. The summed E-state index contributed by atoms with van der Waals surface area (Å²) < 4.78 is 55.4. The first-order valence-corrected chi connectivity index (χ1v) is 17.3. The number of aliphatic hydroxyl groups is 1. The summed E-state index contributed by atoms with van der Waals surface area (Å²) in [5.41, 5.74) is 1.67. The molecule has 258 valence electrons. The lowest BCUT2D eigenvalue weighted by molar-refractivity contribution is -0.126. The largest absolute Gasteiger partial charge is 0.508 e. The molecule has 48 heavy (non-hydrogen) atoms. The molecule has 9 nitrogen and oxygen atoms in total. The summed E-state index contributed by atoms with van der Waals surface area (Å²) in [5.74, 6) is -2.62. The first-order chi connectivity index (χ1) is 23.0. The van der Waals surface area contributed by atoms with E-state index < -0.39 is 23.6 Å². The van der Waals surface area contributed by atoms with Gasteiger partial charge in [-0.2, -0.15) is 9.97 Å². The van der Waals surface area contributed by atoms with Gasteiger partial charge in [-0.15, -0.1) is 0 Å². The quantitative estimate of drug-likeness (QED) is 0.292. The maximum Gasteiger partial charge on any atom is 0.318 e. The summed E-state index contributed by atoms with van der Waals surface area (Å²) >= 11 is 0. The number of aryl methyl sites for hydroxylation is 2. The molecule has 3 saturated heterocycles. The lowest BCUT2D eigenvalue weighted by Crippen LogP contribution is -2.35. The predicted molar refractivity (Wildman–Crippen MR) is 177 cm³/mol. The second kappa shape index (κ2) is 13.0. The van der Waals surface area contributed by atoms with Crippen molar-refractivity contribution in [2.75, 3.05) is 31.6 Å². The molecule has 2 N–H and O–H groups in total. The number of benzene rings is 1. The molecule has 3 aromatic rings. The van der Waals surface area contributed by atoms with Crippen LogP contribution < -0.4 is 9.64 Å². The van der Waals surface area contributed by atoms with E-state index in [1.165, 1.54) is 45.9 Å². The van der Waals surface area contributed by atoms with E-state index in [1.54, 1.807) is 0 Å². The number of fused-ring (bicyclic) bond motifs is 4. The molecule has 0 saturated carbocycles. The van der Waals surface area contributed by atoms with Gasteiger partial charge in [0.25, 0.3) is 0 Å². The molecule has 0 amide bonds. The Bertz CT molecular complexity index is 1730. The van der Waals surface area contributed by atoms with Gasteiger partial charge in [0.15, 0.2) is 11.6 Å². The van der Waals surface area contributed by atoms with Crippen LogP contribution in [0.5, 0.6) is 11.8 Å². The summed E-state index contributed by atoms with van der Waals surface area (Å²) in [6, 6.07) is 3.78. The molecule has 3 atom stereocenters. The third-order valence-corrected chi connectivity index (χ3v) is 10.2. The van der Waals surface area contributed by atoms with Gasteiger partial charge in [0.1, 0.15) is 34.8 Å². The van der Waals surface area contributed by atoms with Crippen molar-refractivity contribution in [2.45, 2.75) is 109 Å². The van der Waals surface area contributed by atoms with Gasteiger partial charge in [-0.25, -0.2) is 18.2 Å². The van der Waals surface area contributed by atoms with E-state index in [0.717, 1.165) is 51.6 Å². The van der Waals surface area contributed by atoms with E-state index in [1.807, 2.05) is 0 Å². The highest BCUT2D eigenvalue weighted by atomic mass is 19.1. The number of methoxy groups -OCH3 is 1. The Hall–Kier alpha value is -3.64. The van der Waals surface area contributed by atoms with Crippen LogP contribution in [-0.4, -0.2) is 80.9 Å². The summed E-state index contributed by atoms with van der Waals surface area (Å²) in [4.78, 5) is 18.4. The molecule has 0 radical (unpaired) electrons. The van der Waals surface area contributed by atoms with E-state index >= 15 is 8.78 Å². The Morgan fingerprint density at radius 3 is 2.52 bits per heavy atom. The number of pyridine rings is 1. The maximum absolute atomic E-state index is 16.6. The van der Waals surface area contributed by atoms with E-state index in [0.29, 0.717) is 41.5 Å². The number of hydrogen-bond donors (Lipinski definition) is 2. The fourth-order valence-electron chi connectivity index (χ4n) is 8.14. The number of anilines is 1. The van der Waals surface area contributed by atoms with Gasteiger partial charge in [-0.1, -0.05) is 12.8 Å². The molecule has 1 aliphatic carbocycles. The molecule has 2 aromatic heterocycles. The van der Waals surface area contributed by atoms with Gasteiger partial charge >= 0.3 is 6.01 Å². The normalized spacial score (nSPS) is 23.9. The summed E-state index contributed by atoms with van der Waals surface area (Å²) in [6.07, 6.45) is 8.83. The van der Waals surface area contributed by atoms with Crippen LogP contribution in [-0.2, 0) is 17.6 Å². The van der Waals surface area contributed by atoms with Crippen molar-refractivity contribution < 1.29 is 32.9 Å². The average molecular weight is 668 g/mol. The lowest BCUT2D eigenvalue weighted by atomic mass is 9.88. The van der Waals surface area contributed by atoms with Gasteiger partial charge in [0, 0.05) is 56.6 Å². The van der Waals surface area contributed by atoms with E-state index in [9.17, 15) is 14.6 Å². The molecular formula is C36H44F3N5O4. The Kier molecular flexibility index (Phi) is 8.91. The molecule has 4 aliphatic heterocycles. The first-order valence-electron chi connectivity index (χ1n) is 17.3. The number of ether oxygens (including phenoxy) is 2. The smallest absolute Gasteiger partial charge is 0.318 e. The van der Waals surface area contributed by atoms with E-state index in [4.69, 9.17) is 14.5 Å². The molecule has 12 heteroatoms. The van der Waals surface area contributed by atoms with Crippen molar-refractivity contribution in [1.29, 1.82) is 0 Å². The number of phenols is 1. The van der Waals surface area contributed by atoms with Crippen molar-refractivity contribution in [1.82, 2.24) is 19.9 Å². The molecule has 3 fully saturated rings. The van der Waals surface area contributed by atoms with Gasteiger partial charge in [-0.05, 0) is 75.6 Å². The highest BCUT2D eigenvalue weighted by Gasteiger charge is 2.36. The second-order valence-electron chi connectivity index (χ2n) is 14.1.